The number of hydrogen-bond acceptors (Lipinski definition) is 7. The Hall–Kier alpha value is -3.91. The van der Waals surface area contributed by atoms with Crippen molar-refractivity contribution in [1.82, 2.24) is 29.6 Å². The SMILES string of the molecule is CC(C)N1C(=O)N(c2cc(C(F)(F)F)ccn2)C(=O)C12CN(c1cnc3cnn(CC(F)F)c3n1)C2. The number of anilines is 2. The number of pyridine rings is 1. The minimum Gasteiger partial charge on any atom is -0.349 e. The first-order chi connectivity index (χ1) is 16.9. The number of carbonyl (C=O) groups is 2. The van der Waals surface area contributed by atoms with Crippen LogP contribution in [0.2, 0.25) is 0 Å². The number of nitrogens with zero attached hydrogens (tertiary/aromatic N) is 8. The lowest BCUT2D eigenvalue weighted by atomic mass is 9.87. The van der Waals surface area contributed by atoms with Gasteiger partial charge in [0.05, 0.1) is 31.0 Å². The summed E-state index contributed by atoms with van der Waals surface area (Å²) in [7, 11) is 0. The fraction of sp³-hybridized carbons (Fsp3) is 0.429. The van der Waals surface area contributed by atoms with Gasteiger partial charge >= 0.3 is 12.2 Å². The third-order valence-corrected chi connectivity index (χ3v) is 6.15. The van der Waals surface area contributed by atoms with E-state index < -0.39 is 54.0 Å². The molecule has 0 bridgehead atoms. The van der Waals surface area contributed by atoms with Gasteiger partial charge in [0.1, 0.15) is 23.7 Å². The molecule has 1 spiro atoms. The van der Waals surface area contributed by atoms with Gasteiger partial charge in [-0.15, -0.1) is 0 Å². The van der Waals surface area contributed by atoms with E-state index in [1.165, 1.54) is 17.3 Å². The quantitative estimate of drug-likeness (QED) is 0.384. The van der Waals surface area contributed by atoms with Crippen LogP contribution in [0.15, 0.2) is 30.7 Å². The van der Waals surface area contributed by atoms with Gasteiger partial charge < -0.3 is 9.80 Å². The first-order valence-corrected chi connectivity index (χ1v) is 10.8. The summed E-state index contributed by atoms with van der Waals surface area (Å²) >= 11 is 0. The molecule has 0 aromatic carbocycles. The molecule has 3 amide bonds. The minimum absolute atomic E-state index is 0.0195. The van der Waals surface area contributed by atoms with Gasteiger partial charge in [0, 0.05) is 12.2 Å². The number of fused-ring (bicyclic) bond motifs is 1. The third kappa shape index (κ3) is 3.60. The second-order valence-electron chi connectivity index (χ2n) is 8.83. The van der Waals surface area contributed by atoms with Crippen LogP contribution in [-0.4, -0.2) is 72.7 Å². The fourth-order valence-corrected chi connectivity index (χ4v) is 4.61. The van der Waals surface area contributed by atoms with Crippen molar-refractivity contribution in [2.24, 2.45) is 0 Å². The highest BCUT2D eigenvalue weighted by molar-refractivity contribution is 6.24. The van der Waals surface area contributed by atoms with Crippen molar-refractivity contribution in [2.75, 3.05) is 22.9 Å². The largest absolute Gasteiger partial charge is 0.416 e. The Balaban J connectivity index is 1.46. The second-order valence-corrected chi connectivity index (χ2v) is 8.83. The van der Waals surface area contributed by atoms with Gasteiger partial charge in [-0.2, -0.15) is 18.3 Å². The Morgan fingerprint density at radius 2 is 1.81 bits per heavy atom. The summed E-state index contributed by atoms with van der Waals surface area (Å²) in [6.45, 7) is 2.67. The van der Waals surface area contributed by atoms with Crippen LogP contribution in [0.3, 0.4) is 0 Å². The molecule has 190 valence electrons. The van der Waals surface area contributed by atoms with E-state index in [4.69, 9.17) is 0 Å². The van der Waals surface area contributed by atoms with Crippen LogP contribution in [0.1, 0.15) is 19.4 Å². The van der Waals surface area contributed by atoms with E-state index in [1.54, 1.807) is 18.7 Å². The fourth-order valence-electron chi connectivity index (χ4n) is 4.61. The standard InChI is InChI=1S/C21H19F5N8O2/c1-11(2)34-19(36)33(15-5-12(3-4-27-15)21(24,25)26)18(35)20(34)9-31(10-20)16-7-28-13-6-29-32(8-14(22)23)17(13)30-16/h3-7,11,14H,8-10H2,1-2H3. The Labute approximate surface area is 200 Å². The Bertz CT molecular complexity index is 1350. The molecule has 2 saturated heterocycles. The van der Waals surface area contributed by atoms with Crippen molar-refractivity contribution < 1.29 is 31.5 Å². The highest BCUT2D eigenvalue weighted by Crippen LogP contribution is 2.42. The molecule has 0 aliphatic carbocycles. The molecule has 2 aliphatic heterocycles. The average Bonchev–Trinajstić information content (AvgIpc) is 3.26. The Morgan fingerprint density at radius 1 is 1.08 bits per heavy atom. The van der Waals surface area contributed by atoms with Crippen molar-refractivity contribution in [2.45, 2.75) is 44.6 Å². The number of hydrogen-bond donors (Lipinski definition) is 0. The van der Waals surface area contributed by atoms with E-state index >= 15 is 0 Å². The molecule has 2 aliphatic rings. The second kappa shape index (κ2) is 8.06. The molecule has 15 heteroatoms. The Kier molecular flexibility index (Phi) is 5.33. The van der Waals surface area contributed by atoms with E-state index in [0.29, 0.717) is 16.5 Å². The molecular weight excluding hydrogens is 491 g/mol. The van der Waals surface area contributed by atoms with Crippen LogP contribution in [0.4, 0.5) is 38.4 Å². The van der Waals surface area contributed by atoms with Crippen molar-refractivity contribution in [1.29, 1.82) is 0 Å². The number of amides is 3. The topological polar surface area (TPSA) is 100 Å². The van der Waals surface area contributed by atoms with Gasteiger partial charge in [-0.1, -0.05) is 0 Å². The van der Waals surface area contributed by atoms with Crippen LogP contribution in [0, 0.1) is 0 Å². The number of carbonyl (C=O) groups excluding carboxylic acids is 2. The molecule has 3 aromatic heterocycles. The summed E-state index contributed by atoms with van der Waals surface area (Å²) in [5, 5.41) is 3.87. The van der Waals surface area contributed by atoms with Gasteiger partial charge in [0.25, 0.3) is 12.3 Å². The lowest BCUT2D eigenvalue weighted by molar-refractivity contribution is -0.137. The van der Waals surface area contributed by atoms with E-state index in [1.807, 2.05) is 0 Å². The minimum atomic E-state index is -4.68. The summed E-state index contributed by atoms with van der Waals surface area (Å²) in [5.41, 5.74) is -1.95. The first kappa shape index (κ1) is 23.8. The van der Waals surface area contributed by atoms with Gasteiger partial charge in [-0.3, -0.25) is 4.79 Å². The van der Waals surface area contributed by atoms with Gasteiger partial charge in [-0.05, 0) is 26.0 Å². The highest BCUT2D eigenvalue weighted by atomic mass is 19.4. The van der Waals surface area contributed by atoms with Crippen LogP contribution >= 0.6 is 0 Å². The lowest BCUT2D eigenvalue weighted by Crippen LogP contribution is -2.73. The van der Waals surface area contributed by atoms with E-state index in [-0.39, 0.29) is 24.6 Å². The number of rotatable bonds is 5. The molecule has 0 atom stereocenters. The zero-order valence-corrected chi connectivity index (χ0v) is 18.9. The molecule has 5 rings (SSSR count). The third-order valence-electron chi connectivity index (χ3n) is 6.15. The van der Waals surface area contributed by atoms with Gasteiger partial charge in [0.15, 0.2) is 11.2 Å². The van der Waals surface area contributed by atoms with Crippen LogP contribution in [0.25, 0.3) is 11.2 Å². The predicted molar refractivity (Wildman–Crippen MR) is 115 cm³/mol. The average molecular weight is 510 g/mol. The number of alkyl halides is 5. The summed E-state index contributed by atoms with van der Waals surface area (Å²) in [5.74, 6) is -0.845. The van der Waals surface area contributed by atoms with E-state index in [9.17, 15) is 31.5 Å². The zero-order valence-electron chi connectivity index (χ0n) is 18.9. The first-order valence-electron chi connectivity index (χ1n) is 10.8. The molecule has 5 heterocycles. The zero-order chi connectivity index (χ0) is 26.0. The van der Waals surface area contributed by atoms with Gasteiger partial charge in [0.2, 0.25) is 0 Å². The van der Waals surface area contributed by atoms with E-state index in [2.05, 4.69) is 20.1 Å². The molecule has 3 aromatic rings. The van der Waals surface area contributed by atoms with E-state index in [0.717, 1.165) is 16.9 Å². The summed E-state index contributed by atoms with van der Waals surface area (Å²) < 4.78 is 66.4. The molecule has 0 N–H and O–H groups in total. The van der Waals surface area contributed by atoms with Gasteiger partial charge in [-0.25, -0.2) is 38.1 Å². The van der Waals surface area contributed by atoms with Crippen molar-refractivity contribution in [3.63, 3.8) is 0 Å². The molecule has 0 saturated carbocycles. The molecule has 0 unspecified atom stereocenters. The molecule has 0 radical (unpaired) electrons. The maximum Gasteiger partial charge on any atom is 0.416 e. The predicted octanol–water partition coefficient (Wildman–Crippen LogP) is 2.94. The van der Waals surface area contributed by atoms with Crippen LogP contribution in [-0.2, 0) is 17.5 Å². The molecule has 36 heavy (non-hydrogen) atoms. The molecule has 10 nitrogen and oxygen atoms in total. The van der Waals surface area contributed by atoms with Crippen LogP contribution < -0.4 is 9.80 Å². The summed E-state index contributed by atoms with van der Waals surface area (Å²) in [4.78, 5) is 42.7. The lowest BCUT2D eigenvalue weighted by Gasteiger charge is -2.51. The highest BCUT2D eigenvalue weighted by Gasteiger charge is 2.65. The maximum atomic E-state index is 13.5. The molecular formula is C21H19F5N8O2. The Morgan fingerprint density at radius 3 is 2.44 bits per heavy atom. The van der Waals surface area contributed by atoms with Crippen LogP contribution in [0.5, 0.6) is 0 Å². The molecule has 2 fully saturated rings. The monoisotopic (exact) mass is 510 g/mol. The number of halogens is 5. The van der Waals surface area contributed by atoms with Crippen molar-refractivity contribution >= 4 is 34.7 Å². The number of imide groups is 1. The summed E-state index contributed by atoms with van der Waals surface area (Å²) in [6, 6.07) is 0.176. The van der Waals surface area contributed by atoms with Crippen molar-refractivity contribution in [3.8, 4) is 0 Å². The summed E-state index contributed by atoms with van der Waals surface area (Å²) in [6.07, 6.45) is -3.73. The smallest absolute Gasteiger partial charge is 0.349 e. The number of aromatic nitrogens is 5. The number of urea groups is 1. The normalized spacial score (nSPS) is 17.9. The van der Waals surface area contributed by atoms with Crippen molar-refractivity contribution in [3.05, 3.63) is 36.3 Å². The maximum absolute atomic E-state index is 13.5.